The number of rotatable bonds is 4. The Balaban J connectivity index is 2.83. The molecular formula is C12H16O2. The van der Waals surface area contributed by atoms with E-state index in [-0.39, 0.29) is 12.3 Å². The van der Waals surface area contributed by atoms with Gasteiger partial charge in [0, 0.05) is 0 Å². The number of aliphatic carboxylic acids is 1. The van der Waals surface area contributed by atoms with E-state index >= 15 is 0 Å². The molecule has 0 aliphatic rings. The third-order valence-electron chi connectivity index (χ3n) is 2.43. The average Bonchev–Trinajstić information content (AvgIpc) is 2.14. The third kappa shape index (κ3) is 2.87. The van der Waals surface area contributed by atoms with Gasteiger partial charge < -0.3 is 5.11 Å². The summed E-state index contributed by atoms with van der Waals surface area (Å²) in [7, 11) is 0. The predicted molar refractivity (Wildman–Crippen MR) is 56.5 cm³/mol. The van der Waals surface area contributed by atoms with Gasteiger partial charge in [0.25, 0.3) is 0 Å². The van der Waals surface area contributed by atoms with Crippen LogP contribution in [0.3, 0.4) is 0 Å². The van der Waals surface area contributed by atoms with Crippen LogP contribution in [0.4, 0.5) is 0 Å². The lowest BCUT2D eigenvalue weighted by molar-refractivity contribution is -0.137. The normalized spacial score (nSPS) is 12.4. The van der Waals surface area contributed by atoms with E-state index in [1.807, 2.05) is 32.0 Å². The number of carbonyl (C=O) groups is 1. The van der Waals surface area contributed by atoms with E-state index in [4.69, 9.17) is 5.11 Å². The van der Waals surface area contributed by atoms with Gasteiger partial charge in [-0.1, -0.05) is 36.8 Å². The number of carboxylic acids is 1. The second-order valence-electron chi connectivity index (χ2n) is 3.62. The second-order valence-corrected chi connectivity index (χ2v) is 3.62. The number of benzene rings is 1. The summed E-state index contributed by atoms with van der Waals surface area (Å²) in [5, 5.41) is 8.75. The highest BCUT2D eigenvalue weighted by Crippen LogP contribution is 2.23. The van der Waals surface area contributed by atoms with Gasteiger partial charge in [0.05, 0.1) is 6.42 Å². The minimum absolute atomic E-state index is 0.146. The van der Waals surface area contributed by atoms with Gasteiger partial charge in [-0.2, -0.15) is 0 Å². The van der Waals surface area contributed by atoms with Crippen molar-refractivity contribution in [2.45, 2.75) is 32.6 Å². The van der Waals surface area contributed by atoms with Crippen molar-refractivity contribution in [3.8, 4) is 0 Å². The van der Waals surface area contributed by atoms with E-state index in [0.29, 0.717) is 0 Å². The Labute approximate surface area is 84.6 Å². The first-order valence-electron chi connectivity index (χ1n) is 4.91. The van der Waals surface area contributed by atoms with Crippen LogP contribution in [-0.4, -0.2) is 11.1 Å². The number of hydrogen-bond acceptors (Lipinski definition) is 1. The molecule has 0 radical (unpaired) electrons. The summed E-state index contributed by atoms with van der Waals surface area (Å²) in [6, 6.07) is 8.08. The lowest BCUT2D eigenvalue weighted by atomic mass is 9.92. The van der Waals surface area contributed by atoms with Crippen LogP contribution in [0.15, 0.2) is 24.3 Å². The molecule has 1 unspecified atom stereocenters. The SMILES string of the molecule is CCC(CC(=O)O)c1cccc(C)c1. The maximum absolute atomic E-state index is 10.6. The first-order valence-corrected chi connectivity index (χ1v) is 4.91. The van der Waals surface area contributed by atoms with Crippen molar-refractivity contribution in [3.05, 3.63) is 35.4 Å². The maximum Gasteiger partial charge on any atom is 0.303 e. The standard InChI is InChI=1S/C12H16O2/c1-3-10(8-12(13)14)11-6-4-5-9(2)7-11/h4-7,10H,3,8H2,1-2H3,(H,13,14). The molecule has 1 rings (SSSR count). The van der Waals surface area contributed by atoms with Crippen LogP contribution in [0.25, 0.3) is 0 Å². The maximum atomic E-state index is 10.6. The van der Waals surface area contributed by atoms with E-state index in [9.17, 15) is 4.79 Å². The summed E-state index contributed by atoms with van der Waals surface area (Å²) in [4.78, 5) is 10.6. The fourth-order valence-corrected chi connectivity index (χ4v) is 1.63. The first kappa shape index (κ1) is 10.8. The quantitative estimate of drug-likeness (QED) is 0.796. The second kappa shape index (κ2) is 4.80. The van der Waals surface area contributed by atoms with Crippen molar-refractivity contribution in [2.24, 2.45) is 0 Å². The Hall–Kier alpha value is -1.31. The van der Waals surface area contributed by atoms with Gasteiger partial charge in [0.2, 0.25) is 0 Å². The monoisotopic (exact) mass is 192 g/mol. The van der Waals surface area contributed by atoms with E-state index in [0.717, 1.165) is 12.0 Å². The zero-order chi connectivity index (χ0) is 10.6. The lowest BCUT2D eigenvalue weighted by Gasteiger charge is -2.13. The van der Waals surface area contributed by atoms with Gasteiger partial charge in [0.15, 0.2) is 0 Å². The van der Waals surface area contributed by atoms with Crippen LogP contribution in [0.5, 0.6) is 0 Å². The molecule has 76 valence electrons. The van der Waals surface area contributed by atoms with Gasteiger partial charge in [-0.15, -0.1) is 0 Å². The molecule has 1 aromatic carbocycles. The van der Waals surface area contributed by atoms with Gasteiger partial charge >= 0.3 is 5.97 Å². The number of hydrogen-bond donors (Lipinski definition) is 1. The Kier molecular flexibility index (Phi) is 3.69. The summed E-state index contributed by atoms with van der Waals surface area (Å²) in [5.74, 6) is -0.578. The van der Waals surface area contributed by atoms with Crippen molar-refractivity contribution in [2.75, 3.05) is 0 Å². The van der Waals surface area contributed by atoms with Crippen molar-refractivity contribution in [1.29, 1.82) is 0 Å². The fraction of sp³-hybridized carbons (Fsp3) is 0.417. The summed E-state index contributed by atoms with van der Waals surface area (Å²) in [5.41, 5.74) is 2.32. The highest BCUT2D eigenvalue weighted by molar-refractivity contribution is 5.68. The van der Waals surface area contributed by atoms with Crippen LogP contribution >= 0.6 is 0 Å². The predicted octanol–water partition coefficient (Wildman–Crippen LogP) is 2.96. The zero-order valence-electron chi connectivity index (χ0n) is 8.66. The molecule has 1 aromatic rings. The molecule has 1 atom stereocenters. The molecule has 0 saturated carbocycles. The Morgan fingerprint density at radius 1 is 1.50 bits per heavy atom. The molecule has 0 heterocycles. The summed E-state index contributed by atoms with van der Waals surface area (Å²) in [6.45, 7) is 4.05. The number of aryl methyl sites for hydroxylation is 1. The Bertz CT molecular complexity index is 318. The van der Waals surface area contributed by atoms with Crippen molar-refractivity contribution in [1.82, 2.24) is 0 Å². The molecule has 0 bridgehead atoms. The summed E-state index contributed by atoms with van der Waals surface area (Å²) >= 11 is 0. The minimum Gasteiger partial charge on any atom is -0.481 e. The molecular weight excluding hydrogens is 176 g/mol. The van der Waals surface area contributed by atoms with Crippen LogP contribution in [0.1, 0.15) is 36.8 Å². The molecule has 0 spiro atoms. The summed E-state index contributed by atoms with van der Waals surface area (Å²) < 4.78 is 0. The van der Waals surface area contributed by atoms with Crippen molar-refractivity contribution < 1.29 is 9.90 Å². The molecule has 0 aliphatic carbocycles. The molecule has 0 aliphatic heterocycles. The van der Waals surface area contributed by atoms with Crippen LogP contribution in [-0.2, 0) is 4.79 Å². The Morgan fingerprint density at radius 2 is 2.21 bits per heavy atom. The van der Waals surface area contributed by atoms with Gasteiger partial charge in [0.1, 0.15) is 0 Å². The van der Waals surface area contributed by atoms with Crippen molar-refractivity contribution in [3.63, 3.8) is 0 Å². The van der Waals surface area contributed by atoms with Crippen LogP contribution < -0.4 is 0 Å². The molecule has 0 saturated heterocycles. The zero-order valence-corrected chi connectivity index (χ0v) is 8.66. The largest absolute Gasteiger partial charge is 0.481 e. The van der Waals surface area contributed by atoms with E-state index < -0.39 is 5.97 Å². The number of carboxylic acid groups (broad SMARTS) is 1. The third-order valence-corrected chi connectivity index (χ3v) is 2.43. The van der Waals surface area contributed by atoms with Crippen LogP contribution in [0.2, 0.25) is 0 Å². The van der Waals surface area contributed by atoms with E-state index in [1.165, 1.54) is 5.56 Å². The molecule has 0 fully saturated rings. The van der Waals surface area contributed by atoms with Crippen molar-refractivity contribution >= 4 is 5.97 Å². The molecule has 14 heavy (non-hydrogen) atoms. The molecule has 2 nitrogen and oxygen atoms in total. The average molecular weight is 192 g/mol. The lowest BCUT2D eigenvalue weighted by Crippen LogP contribution is -2.05. The molecule has 0 aromatic heterocycles. The highest BCUT2D eigenvalue weighted by atomic mass is 16.4. The fourth-order valence-electron chi connectivity index (χ4n) is 1.63. The smallest absolute Gasteiger partial charge is 0.303 e. The Morgan fingerprint density at radius 3 is 2.71 bits per heavy atom. The molecule has 1 N–H and O–H groups in total. The minimum atomic E-state index is -0.724. The van der Waals surface area contributed by atoms with Gasteiger partial charge in [-0.05, 0) is 24.8 Å². The molecule has 2 heteroatoms. The van der Waals surface area contributed by atoms with E-state index in [1.54, 1.807) is 0 Å². The first-order chi connectivity index (χ1) is 6.63. The highest BCUT2D eigenvalue weighted by Gasteiger charge is 2.12. The molecule has 0 amide bonds. The topological polar surface area (TPSA) is 37.3 Å². The summed E-state index contributed by atoms with van der Waals surface area (Å²) in [6.07, 6.45) is 1.09. The van der Waals surface area contributed by atoms with Crippen LogP contribution in [0, 0.1) is 6.92 Å². The van der Waals surface area contributed by atoms with Gasteiger partial charge in [-0.25, -0.2) is 0 Å². The van der Waals surface area contributed by atoms with E-state index in [2.05, 4.69) is 6.07 Å². The van der Waals surface area contributed by atoms with Gasteiger partial charge in [-0.3, -0.25) is 4.79 Å².